The first-order chi connectivity index (χ1) is 12.0. The molecule has 5 N–H and O–H groups in total. The van der Waals surface area contributed by atoms with Gasteiger partial charge in [0.25, 0.3) is 0 Å². The molecule has 1 aliphatic rings. The Labute approximate surface area is 154 Å². The number of fused-ring (bicyclic) bond motifs is 1. The van der Waals surface area contributed by atoms with Crippen LogP contribution in [-0.4, -0.2) is 22.9 Å². The van der Waals surface area contributed by atoms with Gasteiger partial charge in [0.15, 0.2) is 0 Å². The summed E-state index contributed by atoms with van der Waals surface area (Å²) in [6, 6.07) is 7.71. The van der Waals surface area contributed by atoms with Crippen molar-refractivity contribution in [3.8, 4) is 0 Å². The lowest BCUT2D eigenvalue weighted by Gasteiger charge is -2.10. The van der Waals surface area contributed by atoms with Crippen molar-refractivity contribution in [2.45, 2.75) is 27.7 Å². The summed E-state index contributed by atoms with van der Waals surface area (Å²) in [7, 11) is 1.71. The Morgan fingerprint density at radius 1 is 1.19 bits per heavy atom. The first kappa shape index (κ1) is 18.2. The molecule has 1 amide bonds. The van der Waals surface area contributed by atoms with Crippen LogP contribution in [0.3, 0.4) is 0 Å². The van der Waals surface area contributed by atoms with Crippen molar-refractivity contribution in [2.24, 2.45) is 28.3 Å². The van der Waals surface area contributed by atoms with Gasteiger partial charge >= 0.3 is 0 Å². The number of amides is 1. The number of nitrogens with zero attached hydrogens (tertiary/aromatic N) is 2. The molecule has 0 aliphatic heterocycles. The maximum Gasteiger partial charge on any atom is 0.229 e. The van der Waals surface area contributed by atoms with Crippen molar-refractivity contribution in [3.63, 3.8) is 0 Å². The van der Waals surface area contributed by atoms with Gasteiger partial charge in [-0.1, -0.05) is 39.8 Å². The number of benzene rings is 1. The smallest absolute Gasteiger partial charge is 0.229 e. The van der Waals surface area contributed by atoms with Crippen LogP contribution in [0.5, 0.6) is 0 Å². The van der Waals surface area contributed by atoms with E-state index in [4.69, 9.17) is 11.6 Å². The molecule has 0 saturated heterocycles. The van der Waals surface area contributed by atoms with Gasteiger partial charge in [0.2, 0.25) is 5.91 Å². The van der Waals surface area contributed by atoms with E-state index in [1.807, 2.05) is 24.3 Å². The second kappa shape index (κ2) is 5.99. The molecule has 138 valence electrons. The van der Waals surface area contributed by atoms with E-state index in [1.165, 1.54) is 5.01 Å². The summed E-state index contributed by atoms with van der Waals surface area (Å²) in [5.74, 6) is 6.18. The largest absolute Gasteiger partial charge is 0.397 e. The quantitative estimate of drug-likeness (QED) is 0.580. The minimum absolute atomic E-state index is 0.00536. The highest BCUT2D eigenvalue weighted by Gasteiger charge is 2.68. The fourth-order valence-electron chi connectivity index (χ4n) is 3.73. The van der Waals surface area contributed by atoms with Gasteiger partial charge in [-0.2, -0.15) is 0 Å². The minimum Gasteiger partial charge on any atom is -0.397 e. The van der Waals surface area contributed by atoms with Crippen LogP contribution in [0.25, 0.3) is 16.5 Å². The van der Waals surface area contributed by atoms with E-state index >= 15 is 0 Å². The third-order valence-corrected chi connectivity index (χ3v) is 5.93. The van der Waals surface area contributed by atoms with Crippen molar-refractivity contribution < 1.29 is 4.79 Å². The molecular formula is C20H27N5O. The Hall–Kier alpha value is -2.60. The van der Waals surface area contributed by atoms with Crippen LogP contribution in [0.2, 0.25) is 0 Å². The molecule has 0 bridgehead atoms. The van der Waals surface area contributed by atoms with E-state index < -0.39 is 0 Å². The maximum absolute atomic E-state index is 12.6. The zero-order valence-corrected chi connectivity index (χ0v) is 16.0. The number of pyridine rings is 1. The number of carbonyl (C=O) groups is 1. The normalized spacial score (nSPS) is 18.6. The van der Waals surface area contributed by atoms with Crippen LogP contribution in [0.4, 0.5) is 5.82 Å². The summed E-state index contributed by atoms with van der Waals surface area (Å²) in [5.41, 5.74) is 7.49. The van der Waals surface area contributed by atoms with E-state index in [2.05, 4.69) is 38.0 Å². The van der Waals surface area contributed by atoms with Crippen LogP contribution < -0.4 is 16.9 Å². The van der Waals surface area contributed by atoms with Gasteiger partial charge in [-0.05, 0) is 33.9 Å². The highest BCUT2D eigenvalue weighted by Crippen LogP contribution is 2.68. The Bertz CT molecular complexity index is 884. The number of rotatable bonds is 4. The molecule has 0 unspecified atom stereocenters. The van der Waals surface area contributed by atoms with Crippen molar-refractivity contribution >= 4 is 28.2 Å². The first-order valence-corrected chi connectivity index (χ1v) is 8.70. The van der Waals surface area contributed by atoms with Gasteiger partial charge in [-0.3, -0.25) is 4.79 Å². The summed E-state index contributed by atoms with van der Waals surface area (Å²) in [4.78, 5) is 17.0. The minimum atomic E-state index is -0.0162. The average Bonchev–Trinajstić information content (AvgIpc) is 2.95. The Balaban J connectivity index is 1.86. The second-order valence-electron chi connectivity index (χ2n) is 8.25. The van der Waals surface area contributed by atoms with E-state index in [1.54, 1.807) is 19.4 Å². The number of nitrogens with two attached hydrogens (primary N) is 2. The fraction of sp³-hybridized carbons (Fsp3) is 0.400. The highest BCUT2D eigenvalue weighted by molar-refractivity contribution is 5.97. The topological polar surface area (TPSA) is 97.3 Å². The SMILES string of the molecule is CN(N)/C=C(\N)c1ccc2cnc(NC(=O)C3C(C)(C)C3(C)C)cc2c1. The standard InChI is InChI=1S/C20H27N5O/c1-19(2)17(20(19,3)4)18(26)24-16-9-14-8-12(15(21)11-25(5)22)6-7-13(14)10-23-16/h6-11,17H,21-22H2,1-5H3,(H,23,24,26)/b15-11-. The molecule has 1 saturated carbocycles. The van der Waals surface area contributed by atoms with Gasteiger partial charge < -0.3 is 16.1 Å². The molecule has 1 aromatic heterocycles. The number of hydrazine groups is 1. The number of aromatic nitrogens is 1. The number of hydrogen-bond donors (Lipinski definition) is 3. The van der Waals surface area contributed by atoms with Gasteiger partial charge in [0, 0.05) is 30.7 Å². The molecule has 26 heavy (non-hydrogen) atoms. The third kappa shape index (κ3) is 3.01. The molecular weight excluding hydrogens is 326 g/mol. The zero-order valence-electron chi connectivity index (χ0n) is 16.0. The summed E-state index contributed by atoms with van der Waals surface area (Å²) in [6.07, 6.45) is 3.41. The molecule has 2 aromatic rings. The molecule has 6 heteroatoms. The molecule has 1 heterocycles. The van der Waals surface area contributed by atoms with Gasteiger partial charge in [0.1, 0.15) is 5.82 Å². The number of anilines is 1. The Morgan fingerprint density at radius 3 is 2.42 bits per heavy atom. The third-order valence-electron chi connectivity index (χ3n) is 5.93. The van der Waals surface area contributed by atoms with Gasteiger partial charge in [0.05, 0.1) is 5.70 Å². The monoisotopic (exact) mass is 353 g/mol. The zero-order chi connectivity index (χ0) is 19.3. The molecule has 1 aromatic carbocycles. The van der Waals surface area contributed by atoms with Crippen LogP contribution >= 0.6 is 0 Å². The van der Waals surface area contributed by atoms with Crippen molar-refractivity contribution in [1.29, 1.82) is 0 Å². The summed E-state index contributed by atoms with van der Waals surface area (Å²) in [6.45, 7) is 8.50. The van der Waals surface area contributed by atoms with E-state index in [0.29, 0.717) is 11.5 Å². The predicted molar refractivity (Wildman–Crippen MR) is 106 cm³/mol. The van der Waals surface area contributed by atoms with E-state index in [9.17, 15) is 4.79 Å². The lowest BCUT2D eigenvalue weighted by atomic mass is 10.0. The van der Waals surface area contributed by atoms with E-state index in [-0.39, 0.29) is 22.7 Å². The fourth-order valence-corrected chi connectivity index (χ4v) is 3.73. The molecule has 1 aliphatic carbocycles. The lowest BCUT2D eigenvalue weighted by Crippen LogP contribution is -2.20. The van der Waals surface area contributed by atoms with E-state index in [0.717, 1.165) is 16.3 Å². The van der Waals surface area contributed by atoms with Gasteiger partial charge in [-0.15, -0.1) is 0 Å². The Morgan fingerprint density at radius 2 is 1.85 bits per heavy atom. The van der Waals surface area contributed by atoms with Gasteiger partial charge in [-0.25, -0.2) is 10.8 Å². The number of hydrogen-bond acceptors (Lipinski definition) is 5. The summed E-state index contributed by atoms with van der Waals surface area (Å²) < 4.78 is 0. The molecule has 0 spiro atoms. The molecule has 3 rings (SSSR count). The Kier molecular flexibility index (Phi) is 4.19. The molecule has 0 radical (unpaired) electrons. The highest BCUT2D eigenvalue weighted by atomic mass is 16.2. The van der Waals surface area contributed by atoms with Crippen LogP contribution in [0.1, 0.15) is 33.3 Å². The van der Waals surface area contributed by atoms with Crippen LogP contribution in [0, 0.1) is 16.7 Å². The number of nitrogens with one attached hydrogen (secondary N) is 1. The summed E-state index contributed by atoms with van der Waals surface area (Å²) in [5, 5.41) is 6.31. The van der Waals surface area contributed by atoms with Crippen LogP contribution in [-0.2, 0) is 4.79 Å². The summed E-state index contributed by atoms with van der Waals surface area (Å²) >= 11 is 0. The maximum atomic E-state index is 12.6. The lowest BCUT2D eigenvalue weighted by molar-refractivity contribution is -0.118. The average molecular weight is 353 g/mol. The van der Waals surface area contributed by atoms with Crippen molar-refractivity contribution in [3.05, 3.63) is 42.2 Å². The second-order valence-corrected chi connectivity index (χ2v) is 8.25. The molecule has 0 atom stereocenters. The predicted octanol–water partition coefficient (Wildman–Crippen LogP) is 2.92. The molecule has 1 fully saturated rings. The first-order valence-electron chi connectivity index (χ1n) is 8.70. The van der Waals surface area contributed by atoms with Crippen LogP contribution in [0.15, 0.2) is 36.7 Å². The van der Waals surface area contributed by atoms with Crippen molar-refractivity contribution in [1.82, 2.24) is 9.99 Å². The number of carbonyl (C=O) groups excluding carboxylic acids is 1. The van der Waals surface area contributed by atoms with Crippen molar-refractivity contribution in [2.75, 3.05) is 12.4 Å². The molecule has 6 nitrogen and oxygen atoms in total.